The molecule has 1 N–H and O–H groups in total. The van der Waals surface area contributed by atoms with Gasteiger partial charge in [-0.15, -0.1) is 0 Å². The molecular weight excluding hydrogens is 313 g/mol. The molecule has 0 amide bonds. The monoisotopic (exact) mass is 341 g/mol. The molecule has 0 radical (unpaired) electrons. The van der Waals surface area contributed by atoms with Crippen molar-refractivity contribution in [2.45, 2.75) is 50.7 Å². The molecule has 1 fully saturated rings. The van der Waals surface area contributed by atoms with Crippen molar-refractivity contribution in [1.82, 2.24) is 5.32 Å². The molecule has 3 heteroatoms. The van der Waals surface area contributed by atoms with Crippen LogP contribution in [-0.2, 0) is 16.7 Å². The molecule has 0 spiro atoms. The summed E-state index contributed by atoms with van der Waals surface area (Å²) in [5.41, 5.74) is 2.12. The standard InChI is InChI=1S/C22H28FNO/c1-21(2)17-22(13-15-25-21,19-9-4-3-5-10-19)12-14-24-16-18-8-6-7-11-20(18)23/h3-11,24H,12-17H2,1-2H3. The lowest BCUT2D eigenvalue weighted by Gasteiger charge is -2.45. The highest BCUT2D eigenvalue weighted by atomic mass is 19.1. The lowest BCUT2D eigenvalue weighted by atomic mass is 9.67. The molecular formula is C22H28FNO. The first-order valence-corrected chi connectivity index (χ1v) is 9.14. The topological polar surface area (TPSA) is 21.3 Å². The Morgan fingerprint density at radius 3 is 2.48 bits per heavy atom. The predicted molar refractivity (Wildman–Crippen MR) is 100 cm³/mol. The summed E-state index contributed by atoms with van der Waals surface area (Å²) in [7, 11) is 0. The van der Waals surface area contributed by atoms with E-state index in [-0.39, 0.29) is 16.8 Å². The van der Waals surface area contributed by atoms with E-state index < -0.39 is 0 Å². The molecule has 134 valence electrons. The van der Waals surface area contributed by atoms with E-state index in [1.165, 1.54) is 11.6 Å². The van der Waals surface area contributed by atoms with Gasteiger partial charge in [0.15, 0.2) is 0 Å². The minimum Gasteiger partial charge on any atom is -0.376 e. The molecule has 1 heterocycles. The van der Waals surface area contributed by atoms with Crippen LogP contribution in [0, 0.1) is 5.82 Å². The molecule has 2 nitrogen and oxygen atoms in total. The third kappa shape index (κ3) is 4.47. The van der Waals surface area contributed by atoms with Gasteiger partial charge in [-0.05, 0) is 51.3 Å². The highest BCUT2D eigenvalue weighted by molar-refractivity contribution is 5.27. The van der Waals surface area contributed by atoms with Gasteiger partial charge in [0, 0.05) is 24.1 Å². The SMILES string of the molecule is CC1(C)CC(CCNCc2ccccc2F)(c2ccccc2)CCO1. The van der Waals surface area contributed by atoms with E-state index in [4.69, 9.17) is 4.74 Å². The molecule has 25 heavy (non-hydrogen) atoms. The summed E-state index contributed by atoms with van der Waals surface area (Å²) < 4.78 is 19.7. The molecule has 1 saturated heterocycles. The predicted octanol–water partition coefficient (Wildman–Crippen LogP) is 4.83. The van der Waals surface area contributed by atoms with E-state index in [0.717, 1.165) is 38.0 Å². The number of nitrogens with one attached hydrogen (secondary N) is 1. The third-order valence-electron chi connectivity index (χ3n) is 5.28. The van der Waals surface area contributed by atoms with E-state index in [0.29, 0.717) is 6.54 Å². The Hall–Kier alpha value is -1.71. The number of halogens is 1. The van der Waals surface area contributed by atoms with Gasteiger partial charge in [0.2, 0.25) is 0 Å². The first kappa shape index (κ1) is 18.1. The van der Waals surface area contributed by atoms with Crippen molar-refractivity contribution in [2.75, 3.05) is 13.2 Å². The molecule has 0 aliphatic carbocycles. The van der Waals surface area contributed by atoms with Gasteiger partial charge in [0.25, 0.3) is 0 Å². The maximum absolute atomic E-state index is 13.8. The Morgan fingerprint density at radius 1 is 1.04 bits per heavy atom. The second-order valence-electron chi connectivity index (χ2n) is 7.70. The van der Waals surface area contributed by atoms with Crippen molar-refractivity contribution in [1.29, 1.82) is 0 Å². The molecule has 1 unspecified atom stereocenters. The Morgan fingerprint density at radius 2 is 1.76 bits per heavy atom. The molecule has 0 saturated carbocycles. The minimum absolute atomic E-state index is 0.111. The fraction of sp³-hybridized carbons (Fsp3) is 0.455. The van der Waals surface area contributed by atoms with Crippen LogP contribution >= 0.6 is 0 Å². The molecule has 0 bridgehead atoms. The molecule has 2 aromatic rings. The van der Waals surface area contributed by atoms with E-state index in [2.05, 4.69) is 49.5 Å². The van der Waals surface area contributed by atoms with Gasteiger partial charge >= 0.3 is 0 Å². The summed E-state index contributed by atoms with van der Waals surface area (Å²) in [6.45, 7) is 6.57. The van der Waals surface area contributed by atoms with Gasteiger partial charge in [0.05, 0.1) is 5.60 Å². The summed E-state index contributed by atoms with van der Waals surface area (Å²) >= 11 is 0. The highest BCUT2D eigenvalue weighted by Gasteiger charge is 2.41. The fourth-order valence-corrected chi connectivity index (χ4v) is 4.07. The number of hydrogen-bond acceptors (Lipinski definition) is 2. The zero-order valence-corrected chi connectivity index (χ0v) is 15.2. The maximum atomic E-state index is 13.8. The normalized spacial score (nSPS) is 22.7. The van der Waals surface area contributed by atoms with E-state index in [1.807, 2.05) is 12.1 Å². The van der Waals surface area contributed by atoms with Gasteiger partial charge in [-0.25, -0.2) is 4.39 Å². The fourth-order valence-electron chi connectivity index (χ4n) is 4.07. The van der Waals surface area contributed by atoms with Gasteiger partial charge in [0.1, 0.15) is 5.82 Å². The van der Waals surface area contributed by atoms with Gasteiger partial charge in [-0.2, -0.15) is 0 Å². The van der Waals surface area contributed by atoms with Gasteiger partial charge < -0.3 is 10.1 Å². The third-order valence-corrected chi connectivity index (χ3v) is 5.28. The highest BCUT2D eigenvalue weighted by Crippen LogP contribution is 2.43. The zero-order valence-electron chi connectivity index (χ0n) is 15.2. The van der Waals surface area contributed by atoms with Crippen LogP contribution in [-0.4, -0.2) is 18.8 Å². The maximum Gasteiger partial charge on any atom is 0.127 e. The van der Waals surface area contributed by atoms with Crippen molar-refractivity contribution >= 4 is 0 Å². The second kappa shape index (κ2) is 7.67. The summed E-state index contributed by atoms with van der Waals surface area (Å²) in [4.78, 5) is 0. The quantitative estimate of drug-likeness (QED) is 0.760. The molecule has 1 atom stereocenters. The van der Waals surface area contributed by atoms with Gasteiger partial charge in [-0.3, -0.25) is 0 Å². The number of ether oxygens (including phenoxy) is 1. The molecule has 1 aliphatic heterocycles. The summed E-state index contributed by atoms with van der Waals surface area (Å²) in [6, 6.07) is 17.7. The van der Waals surface area contributed by atoms with E-state index in [1.54, 1.807) is 6.07 Å². The van der Waals surface area contributed by atoms with Crippen molar-refractivity contribution in [3.05, 3.63) is 71.5 Å². The summed E-state index contributed by atoms with van der Waals surface area (Å²) in [5.74, 6) is -0.139. The Kier molecular flexibility index (Phi) is 5.55. The van der Waals surface area contributed by atoms with Crippen LogP contribution in [0.25, 0.3) is 0 Å². The van der Waals surface area contributed by atoms with Crippen molar-refractivity contribution in [2.24, 2.45) is 0 Å². The lowest BCUT2D eigenvalue weighted by Crippen LogP contribution is -2.45. The average Bonchev–Trinajstić information content (AvgIpc) is 2.60. The van der Waals surface area contributed by atoms with Crippen LogP contribution in [0.1, 0.15) is 44.2 Å². The van der Waals surface area contributed by atoms with E-state index >= 15 is 0 Å². The Bertz CT molecular complexity index is 685. The van der Waals surface area contributed by atoms with Crippen molar-refractivity contribution < 1.29 is 9.13 Å². The Balaban J connectivity index is 1.68. The lowest BCUT2D eigenvalue weighted by molar-refractivity contribution is -0.0840. The summed E-state index contributed by atoms with van der Waals surface area (Å²) in [5, 5.41) is 3.43. The second-order valence-corrected chi connectivity index (χ2v) is 7.70. The molecule has 1 aliphatic rings. The largest absolute Gasteiger partial charge is 0.376 e. The van der Waals surface area contributed by atoms with Crippen LogP contribution in [0.5, 0.6) is 0 Å². The van der Waals surface area contributed by atoms with Gasteiger partial charge in [-0.1, -0.05) is 48.5 Å². The molecule has 0 aromatic heterocycles. The Labute approximate surface area is 150 Å². The summed E-state index contributed by atoms with van der Waals surface area (Å²) in [6.07, 6.45) is 3.06. The van der Waals surface area contributed by atoms with Crippen molar-refractivity contribution in [3.63, 3.8) is 0 Å². The van der Waals surface area contributed by atoms with E-state index in [9.17, 15) is 4.39 Å². The van der Waals surface area contributed by atoms with Crippen molar-refractivity contribution in [3.8, 4) is 0 Å². The number of benzene rings is 2. The molecule has 2 aromatic carbocycles. The minimum atomic E-state index is -0.139. The van der Waals surface area contributed by atoms with Crippen LogP contribution in [0.3, 0.4) is 0 Å². The van der Waals surface area contributed by atoms with Crippen LogP contribution in [0.15, 0.2) is 54.6 Å². The van der Waals surface area contributed by atoms with Crippen LogP contribution < -0.4 is 5.32 Å². The number of hydrogen-bond donors (Lipinski definition) is 1. The first-order chi connectivity index (χ1) is 12.0. The first-order valence-electron chi connectivity index (χ1n) is 9.14. The van der Waals surface area contributed by atoms with Crippen LogP contribution in [0.2, 0.25) is 0 Å². The zero-order chi connectivity index (χ0) is 17.8. The number of rotatable bonds is 6. The molecule has 3 rings (SSSR count). The smallest absolute Gasteiger partial charge is 0.127 e. The van der Waals surface area contributed by atoms with Crippen LogP contribution in [0.4, 0.5) is 4.39 Å². The average molecular weight is 341 g/mol.